The van der Waals surface area contributed by atoms with Crippen molar-refractivity contribution in [3.63, 3.8) is 0 Å². The van der Waals surface area contributed by atoms with E-state index < -0.39 is 23.1 Å². The minimum Gasteiger partial charge on any atom is -0.481 e. The van der Waals surface area contributed by atoms with Gasteiger partial charge in [0.05, 0.1) is 5.92 Å². The van der Waals surface area contributed by atoms with E-state index in [1.54, 1.807) is 4.90 Å². The third-order valence-electron chi connectivity index (χ3n) is 4.34. The first-order valence-electron chi connectivity index (χ1n) is 6.81. The molecule has 2 fully saturated rings. The number of rotatable bonds is 3. The lowest BCUT2D eigenvalue weighted by Gasteiger charge is -2.23. The number of H-pyrrole nitrogens is 1. The van der Waals surface area contributed by atoms with Gasteiger partial charge in [-0.2, -0.15) is 0 Å². The second-order valence-electron chi connectivity index (χ2n) is 5.52. The largest absolute Gasteiger partial charge is 0.481 e. The van der Waals surface area contributed by atoms with Crippen LogP contribution in [0.2, 0.25) is 0 Å². The Morgan fingerprint density at radius 1 is 1.33 bits per heavy atom. The average Bonchev–Trinajstić information content (AvgIpc) is 2.99. The Balaban J connectivity index is 1.79. The molecule has 3 rings (SSSR count). The van der Waals surface area contributed by atoms with Crippen LogP contribution in [0.25, 0.3) is 0 Å². The molecule has 0 aliphatic carbocycles. The molecule has 0 radical (unpaired) electrons. The number of amides is 1. The van der Waals surface area contributed by atoms with Crippen LogP contribution < -0.4 is 11.2 Å². The van der Waals surface area contributed by atoms with Crippen molar-refractivity contribution >= 4 is 11.9 Å². The molecule has 2 aliphatic rings. The Morgan fingerprint density at radius 2 is 2.10 bits per heavy atom. The zero-order valence-electron chi connectivity index (χ0n) is 11.2. The molecule has 1 aromatic heterocycles. The topological polar surface area (TPSA) is 112 Å². The molecule has 3 heterocycles. The first kappa shape index (κ1) is 13.6. The standard InChI is InChI=1S/C13H15N3O5/c17-10-3-4-15(13(21)14-10)6-11(18)16-7-1-2-9(16)8(5-7)12(19)20/h3-4,7-9H,1-2,5-6H2,(H,19,20)(H,14,17,21). The summed E-state index contributed by atoms with van der Waals surface area (Å²) in [7, 11) is 0. The monoisotopic (exact) mass is 293 g/mol. The maximum absolute atomic E-state index is 12.4. The maximum atomic E-state index is 12.4. The Kier molecular flexibility index (Phi) is 3.15. The van der Waals surface area contributed by atoms with Crippen LogP contribution in [0.3, 0.4) is 0 Å². The number of aliphatic carboxylic acids is 1. The summed E-state index contributed by atoms with van der Waals surface area (Å²) in [6.45, 7) is -0.186. The van der Waals surface area contributed by atoms with Crippen LogP contribution in [0, 0.1) is 5.92 Å². The van der Waals surface area contributed by atoms with Gasteiger partial charge in [0, 0.05) is 24.3 Å². The highest BCUT2D eigenvalue weighted by molar-refractivity contribution is 5.80. The van der Waals surface area contributed by atoms with E-state index in [9.17, 15) is 19.2 Å². The zero-order valence-corrected chi connectivity index (χ0v) is 11.2. The van der Waals surface area contributed by atoms with Crippen LogP contribution in [0.1, 0.15) is 19.3 Å². The van der Waals surface area contributed by atoms with E-state index >= 15 is 0 Å². The molecule has 1 aromatic rings. The van der Waals surface area contributed by atoms with Gasteiger partial charge in [-0.05, 0) is 19.3 Å². The van der Waals surface area contributed by atoms with Crippen LogP contribution in [0.4, 0.5) is 0 Å². The van der Waals surface area contributed by atoms with E-state index in [2.05, 4.69) is 4.98 Å². The first-order chi connectivity index (χ1) is 9.97. The number of hydrogen-bond donors (Lipinski definition) is 2. The number of nitrogens with zero attached hydrogens (tertiary/aromatic N) is 2. The normalized spacial score (nSPS) is 27.0. The highest BCUT2D eigenvalue weighted by Crippen LogP contribution is 2.41. The fourth-order valence-electron chi connectivity index (χ4n) is 3.44. The summed E-state index contributed by atoms with van der Waals surface area (Å²) in [5.74, 6) is -1.67. The molecule has 112 valence electrons. The van der Waals surface area contributed by atoms with Gasteiger partial charge in [-0.3, -0.25) is 23.9 Å². The molecule has 21 heavy (non-hydrogen) atoms. The fourth-order valence-corrected chi connectivity index (χ4v) is 3.44. The van der Waals surface area contributed by atoms with Gasteiger partial charge in [0.2, 0.25) is 5.91 Å². The van der Waals surface area contributed by atoms with E-state index in [0.717, 1.165) is 11.0 Å². The van der Waals surface area contributed by atoms with Gasteiger partial charge < -0.3 is 10.0 Å². The molecule has 8 heteroatoms. The Labute approximate surface area is 119 Å². The lowest BCUT2D eigenvalue weighted by atomic mass is 9.89. The van der Waals surface area contributed by atoms with Crippen LogP contribution >= 0.6 is 0 Å². The van der Waals surface area contributed by atoms with Gasteiger partial charge in [-0.25, -0.2) is 4.79 Å². The van der Waals surface area contributed by atoms with Crippen molar-refractivity contribution in [2.75, 3.05) is 0 Å². The molecule has 1 amide bonds. The summed E-state index contributed by atoms with van der Waals surface area (Å²) in [5.41, 5.74) is -1.16. The lowest BCUT2D eigenvalue weighted by Crippen LogP contribution is -2.42. The second-order valence-corrected chi connectivity index (χ2v) is 5.52. The Hall–Kier alpha value is -2.38. The second kappa shape index (κ2) is 4.87. The summed E-state index contributed by atoms with van der Waals surface area (Å²) in [6.07, 6.45) is 3.24. The minimum absolute atomic E-state index is 0.0536. The number of nitrogens with one attached hydrogen (secondary N) is 1. The number of carboxylic acid groups (broad SMARTS) is 1. The van der Waals surface area contributed by atoms with E-state index in [0.29, 0.717) is 12.8 Å². The first-order valence-corrected chi connectivity index (χ1v) is 6.81. The van der Waals surface area contributed by atoms with Crippen molar-refractivity contribution < 1.29 is 14.7 Å². The van der Waals surface area contributed by atoms with Crippen LogP contribution in [-0.4, -0.2) is 43.5 Å². The number of carbonyl (C=O) groups excluding carboxylic acids is 1. The van der Waals surface area contributed by atoms with Crippen molar-refractivity contribution in [1.82, 2.24) is 14.5 Å². The number of hydrogen-bond acceptors (Lipinski definition) is 4. The molecule has 2 N–H and O–H groups in total. The van der Waals surface area contributed by atoms with Gasteiger partial charge in [0.15, 0.2) is 0 Å². The molecule has 8 nitrogen and oxygen atoms in total. The van der Waals surface area contributed by atoms with E-state index in [-0.39, 0.29) is 24.5 Å². The quantitative estimate of drug-likeness (QED) is 0.742. The molecule has 0 aromatic carbocycles. The third kappa shape index (κ3) is 2.26. The summed E-state index contributed by atoms with van der Waals surface area (Å²) in [6, 6.07) is 0.841. The lowest BCUT2D eigenvalue weighted by molar-refractivity contribution is -0.143. The number of aromatic nitrogens is 2. The third-order valence-corrected chi connectivity index (χ3v) is 4.34. The molecule has 3 atom stereocenters. The van der Waals surface area contributed by atoms with E-state index in [1.165, 1.54) is 12.3 Å². The highest BCUT2D eigenvalue weighted by atomic mass is 16.4. The van der Waals surface area contributed by atoms with Crippen LogP contribution in [0.15, 0.2) is 21.9 Å². The van der Waals surface area contributed by atoms with Crippen molar-refractivity contribution in [1.29, 1.82) is 0 Å². The molecule has 2 bridgehead atoms. The van der Waals surface area contributed by atoms with Crippen molar-refractivity contribution in [3.8, 4) is 0 Å². The van der Waals surface area contributed by atoms with Gasteiger partial charge in [-0.15, -0.1) is 0 Å². The molecule has 2 saturated heterocycles. The number of fused-ring (bicyclic) bond motifs is 2. The summed E-state index contributed by atoms with van der Waals surface area (Å²) < 4.78 is 1.12. The van der Waals surface area contributed by atoms with Crippen molar-refractivity contribution in [3.05, 3.63) is 33.1 Å². The molecular formula is C13H15N3O5. The summed E-state index contributed by atoms with van der Waals surface area (Å²) in [5, 5.41) is 9.17. The Morgan fingerprint density at radius 3 is 2.71 bits per heavy atom. The molecule has 3 unspecified atom stereocenters. The maximum Gasteiger partial charge on any atom is 0.328 e. The number of carboxylic acids is 1. The predicted octanol–water partition coefficient (Wildman–Crippen LogP) is -0.999. The van der Waals surface area contributed by atoms with Crippen molar-refractivity contribution in [2.45, 2.75) is 37.9 Å². The van der Waals surface area contributed by atoms with Gasteiger partial charge >= 0.3 is 11.7 Å². The van der Waals surface area contributed by atoms with Gasteiger partial charge in [-0.1, -0.05) is 0 Å². The van der Waals surface area contributed by atoms with Gasteiger partial charge in [0.1, 0.15) is 6.54 Å². The molecular weight excluding hydrogens is 278 g/mol. The van der Waals surface area contributed by atoms with Crippen LogP contribution in [-0.2, 0) is 16.1 Å². The highest BCUT2D eigenvalue weighted by Gasteiger charge is 2.51. The summed E-state index contributed by atoms with van der Waals surface area (Å²) >= 11 is 0. The Bertz CT molecular complexity index is 706. The van der Waals surface area contributed by atoms with E-state index in [4.69, 9.17) is 5.11 Å². The molecule has 2 aliphatic heterocycles. The molecule has 0 spiro atoms. The number of carbonyl (C=O) groups is 2. The van der Waals surface area contributed by atoms with Crippen LogP contribution in [0.5, 0.6) is 0 Å². The predicted molar refractivity (Wildman–Crippen MR) is 70.7 cm³/mol. The number of aromatic amines is 1. The van der Waals surface area contributed by atoms with E-state index in [1.807, 2.05) is 0 Å². The average molecular weight is 293 g/mol. The van der Waals surface area contributed by atoms with Gasteiger partial charge in [0.25, 0.3) is 5.56 Å². The zero-order chi connectivity index (χ0) is 15.1. The molecule has 0 saturated carbocycles. The summed E-state index contributed by atoms with van der Waals surface area (Å²) in [4.78, 5) is 49.8. The smallest absolute Gasteiger partial charge is 0.328 e. The SMILES string of the molecule is O=C(O)C1CC2CCC1N2C(=O)Cn1ccc(=O)[nH]c1=O. The minimum atomic E-state index is -0.874. The fraction of sp³-hybridized carbons (Fsp3) is 0.538. The van der Waals surface area contributed by atoms with Crippen molar-refractivity contribution in [2.24, 2.45) is 5.92 Å².